The smallest absolute Gasteiger partial charge is 0.317 e. The van der Waals surface area contributed by atoms with E-state index in [0.717, 1.165) is 5.56 Å². The Labute approximate surface area is 118 Å². The third-order valence-corrected chi connectivity index (χ3v) is 5.93. The Morgan fingerprint density at radius 3 is 2.75 bits per heavy atom. The topological polar surface area (TPSA) is 69.7 Å². The predicted octanol–water partition coefficient (Wildman–Crippen LogP) is 0.393. The van der Waals surface area contributed by atoms with Crippen LogP contribution in [0, 0.1) is 6.92 Å². The highest BCUT2D eigenvalue weighted by Gasteiger charge is 2.39. The van der Waals surface area contributed by atoms with Crippen LogP contribution in [-0.4, -0.2) is 55.9 Å². The zero-order chi connectivity index (χ0) is 14.3. The Hall–Kier alpha value is -1.60. The summed E-state index contributed by atoms with van der Waals surface area (Å²) in [5, 5.41) is 2.75. The quantitative estimate of drug-likeness (QED) is 0.858. The van der Waals surface area contributed by atoms with Gasteiger partial charge in [0.25, 0.3) is 0 Å². The molecule has 3 rings (SSSR count). The number of fused-ring (bicyclic) bond motifs is 1. The van der Waals surface area contributed by atoms with Gasteiger partial charge in [0, 0.05) is 26.2 Å². The number of amides is 2. The minimum absolute atomic E-state index is 0.0601. The highest BCUT2D eigenvalue weighted by Crippen LogP contribution is 2.23. The van der Waals surface area contributed by atoms with Crippen LogP contribution in [0.5, 0.6) is 0 Å². The molecular weight excluding hydrogens is 278 g/mol. The largest absolute Gasteiger partial charge is 0.336 e. The predicted molar refractivity (Wildman–Crippen MR) is 73.8 cm³/mol. The molecule has 0 radical (unpaired) electrons. The SMILES string of the molecule is Cc1ccccc1S(=O)(=O)N1CCN2C(=O)NCC2C1. The first-order chi connectivity index (χ1) is 9.50. The molecule has 6 nitrogen and oxygen atoms in total. The summed E-state index contributed by atoms with van der Waals surface area (Å²) in [4.78, 5) is 13.6. The summed E-state index contributed by atoms with van der Waals surface area (Å²) in [6, 6.07) is 6.83. The molecule has 2 heterocycles. The standard InChI is InChI=1S/C13H17N3O3S/c1-10-4-2-3-5-12(10)20(18,19)15-6-7-16-11(9-15)8-14-13(16)17/h2-5,11H,6-9H2,1H3,(H,14,17). The van der Waals surface area contributed by atoms with E-state index in [1.807, 2.05) is 6.07 Å². The van der Waals surface area contributed by atoms with E-state index in [0.29, 0.717) is 31.1 Å². The fourth-order valence-electron chi connectivity index (χ4n) is 2.78. The summed E-state index contributed by atoms with van der Waals surface area (Å²) in [6.45, 7) is 3.46. The Bertz CT molecular complexity index is 644. The number of nitrogens with zero attached hydrogens (tertiary/aromatic N) is 2. The first-order valence-corrected chi connectivity index (χ1v) is 8.04. The van der Waals surface area contributed by atoms with Crippen molar-refractivity contribution in [3.8, 4) is 0 Å². The first kappa shape index (κ1) is 13.4. The van der Waals surface area contributed by atoms with E-state index in [1.54, 1.807) is 30.0 Å². The molecule has 0 bridgehead atoms. The van der Waals surface area contributed by atoms with Gasteiger partial charge in [0.1, 0.15) is 0 Å². The lowest BCUT2D eigenvalue weighted by molar-refractivity contribution is 0.164. The van der Waals surface area contributed by atoms with E-state index in [-0.39, 0.29) is 12.1 Å². The van der Waals surface area contributed by atoms with Gasteiger partial charge in [0.2, 0.25) is 10.0 Å². The van der Waals surface area contributed by atoms with Crippen LogP contribution in [0.2, 0.25) is 0 Å². The van der Waals surface area contributed by atoms with Gasteiger partial charge in [-0.25, -0.2) is 13.2 Å². The van der Waals surface area contributed by atoms with Crippen molar-refractivity contribution >= 4 is 16.1 Å². The average Bonchev–Trinajstić information content (AvgIpc) is 2.80. The van der Waals surface area contributed by atoms with Gasteiger partial charge in [-0.3, -0.25) is 0 Å². The number of rotatable bonds is 2. The van der Waals surface area contributed by atoms with E-state index in [9.17, 15) is 13.2 Å². The van der Waals surface area contributed by atoms with Gasteiger partial charge >= 0.3 is 6.03 Å². The van der Waals surface area contributed by atoms with Crippen LogP contribution in [0.3, 0.4) is 0 Å². The zero-order valence-corrected chi connectivity index (χ0v) is 12.1. The second-order valence-corrected chi connectivity index (χ2v) is 7.07. The highest BCUT2D eigenvalue weighted by atomic mass is 32.2. The van der Waals surface area contributed by atoms with Crippen LogP contribution in [-0.2, 0) is 10.0 Å². The lowest BCUT2D eigenvalue weighted by Crippen LogP contribution is -2.53. The van der Waals surface area contributed by atoms with Crippen LogP contribution in [0.1, 0.15) is 5.56 Å². The third-order valence-electron chi connectivity index (χ3n) is 3.91. The van der Waals surface area contributed by atoms with Crippen molar-refractivity contribution in [1.29, 1.82) is 0 Å². The highest BCUT2D eigenvalue weighted by molar-refractivity contribution is 7.89. The van der Waals surface area contributed by atoms with Gasteiger partial charge in [0.15, 0.2) is 0 Å². The van der Waals surface area contributed by atoms with Gasteiger partial charge in [-0.15, -0.1) is 0 Å². The Morgan fingerprint density at radius 1 is 1.25 bits per heavy atom. The molecule has 2 aliphatic rings. The minimum atomic E-state index is -3.48. The van der Waals surface area contributed by atoms with E-state index in [4.69, 9.17) is 0 Å². The van der Waals surface area contributed by atoms with Crippen LogP contribution < -0.4 is 5.32 Å². The molecule has 0 aliphatic carbocycles. The summed E-state index contributed by atoms with van der Waals surface area (Å²) in [7, 11) is -3.48. The second kappa shape index (κ2) is 4.75. The fraction of sp³-hybridized carbons (Fsp3) is 0.462. The maximum Gasteiger partial charge on any atom is 0.317 e. The summed E-state index contributed by atoms with van der Waals surface area (Å²) in [6.07, 6.45) is 0. The molecule has 1 atom stereocenters. The van der Waals surface area contributed by atoms with Crippen LogP contribution in [0.15, 0.2) is 29.2 Å². The number of piperazine rings is 1. The molecule has 2 fully saturated rings. The van der Waals surface area contributed by atoms with Crippen molar-refractivity contribution < 1.29 is 13.2 Å². The molecule has 20 heavy (non-hydrogen) atoms. The molecule has 2 saturated heterocycles. The van der Waals surface area contributed by atoms with Gasteiger partial charge in [-0.2, -0.15) is 4.31 Å². The lowest BCUT2D eigenvalue weighted by Gasteiger charge is -2.35. The average molecular weight is 295 g/mol. The number of nitrogens with one attached hydrogen (secondary N) is 1. The van der Waals surface area contributed by atoms with E-state index in [2.05, 4.69) is 5.32 Å². The van der Waals surface area contributed by atoms with Gasteiger partial charge < -0.3 is 10.2 Å². The van der Waals surface area contributed by atoms with Crippen LogP contribution >= 0.6 is 0 Å². The molecule has 1 aromatic carbocycles. The number of carbonyl (C=O) groups is 1. The summed E-state index contributed by atoms with van der Waals surface area (Å²) >= 11 is 0. The number of hydrogen-bond acceptors (Lipinski definition) is 3. The number of urea groups is 1. The molecule has 2 aliphatic heterocycles. The second-order valence-electron chi connectivity index (χ2n) is 5.16. The molecule has 0 spiro atoms. The summed E-state index contributed by atoms with van der Waals surface area (Å²) < 4.78 is 26.8. The van der Waals surface area contributed by atoms with E-state index in [1.165, 1.54) is 4.31 Å². The Morgan fingerprint density at radius 2 is 2.00 bits per heavy atom. The van der Waals surface area contributed by atoms with Crippen LogP contribution in [0.25, 0.3) is 0 Å². The molecular formula is C13H17N3O3S. The molecule has 1 N–H and O–H groups in total. The zero-order valence-electron chi connectivity index (χ0n) is 11.2. The van der Waals surface area contributed by atoms with Crippen molar-refractivity contribution in [1.82, 2.24) is 14.5 Å². The van der Waals surface area contributed by atoms with E-state index < -0.39 is 10.0 Å². The van der Waals surface area contributed by atoms with Crippen molar-refractivity contribution in [2.75, 3.05) is 26.2 Å². The van der Waals surface area contributed by atoms with Crippen molar-refractivity contribution in [3.05, 3.63) is 29.8 Å². The van der Waals surface area contributed by atoms with Crippen molar-refractivity contribution in [3.63, 3.8) is 0 Å². The van der Waals surface area contributed by atoms with Gasteiger partial charge in [-0.1, -0.05) is 18.2 Å². The molecule has 7 heteroatoms. The summed E-state index contributed by atoms with van der Waals surface area (Å²) in [5.41, 5.74) is 0.746. The monoisotopic (exact) mass is 295 g/mol. The molecule has 108 valence electrons. The lowest BCUT2D eigenvalue weighted by atomic mass is 10.2. The molecule has 1 aromatic rings. The van der Waals surface area contributed by atoms with Crippen LogP contribution in [0.4, 0.5) is 4.79 Å². The maximum atomic E-state index is 12.7. The fourth-order valence-corrected chi connectivity index (χ4v) is 4.47. The Balaban J connectivity index is 1.87. The normalized spacial score (nSPS) is 23.6. The number of hydrogen-bond donors (Lipinski definition) is 1. The van der Waals surface area contributed by atoms with E-state index >= 15 is 0 Å². The number of aryl methyl sites for hydroxylation is 1. The Kier molecular flexibility index (Phi) is 3.18. The molecule has 2 amide bonds. The maximum absolute atomic E-state index is 12.7. The molecule has 1 unspecified atom stereocenters. The number of benzene rings is 1. The minimum Gasteiger partial charge on any atom is -0.336 e. The third kappa shape index (κ3) is 2.06. The number of carbonyl (C=O) groups excluding carboxylic acids is 1. The summed E-state index contributed by atoms with van der Waals surface area (Å²) in [5.74, 6) is 0. The van der Waals surface area contributed by atoms with Crippen molar-refractivity contribution in [2.24, 2.45) is 0 Å². The molecule has 0 aromatic heterocycles. The molecule has 0 saturated carbocycles. The van der Waals surface area contributed by atoms with Gasteiger partial charge in [0.05, 0.1) is 10.9 Å². The number of sulfonamides is 1. The van der Waals surface area contributed by atoms with Crippen molar-refractivity contribution in [2.45, 2.75) is 17.9 Å². The van der Waals surface area contributed by atoms with Gasteiger partial charge in [-0.05, 0) is 18.6 Å². The first-order valence-electron chi connectivity index (χ1n) is 6.60.